The molecule has 1 aromatic heterocycles. The average Bonchev–Trinajstić information content (AvgIpc) is 3.16. The summed E-state index contributed by atoms with van der Waals surface area (Å²) in [7, 11) is 3.22. The molecule has 0 amide bonds. The largest absolute Gasteiger partial charge is 0.493 e. The monoisotopic (exact) mass is 507 g/mol. The molecule has 1 heterocycles. The zero-order chi connectivity index (χ0) is 19.9. The topological polar surface area (TPSA) is 86.7 Å². The molecule has 0 spiro atoms. The predicted molar refractivity (Wildman–Crippen MR) is 125 cm³/mol. The van der Waals surface area contributed by atoms with Gasteiger partial charge in [-0.15, -0.1) is 24.0 Å². The molecule has 29 heavy (non-hydrogen) atoms. The van der Waals surface area contributed by atoms with Crippen molar-refractivity contribution in [2.75, 3.05) is 14.2 Å². The van der Waals surface area contributed by atoms with Crippen LogP contribution in [0.5, 0.6) is 11.5 Å². The first-order valence-electron chi connectivity index (χ1n) is 8.96. The van der Waals surface area contributed by atoms with Gasteiger partial charge in [0.15, 0.2) is 17.5 Å². The summed E-state index contributed by atoms with van der Waals surface area (Å²) < 4.78 is 12.4. The summed E-state index contributed by atoms with van der Waals surface area (Å²) in [5.41, 5.74) is 10.1. The van der Waals surface area contributed by atoms with Crippen molar-refractivity contribution < 1.29 is 9.47 Å². The summed E-state index contributed by atoms with van der Waals surface area (Å²) >= 11 is 0. The molecule has 7 nitrogen and oxygen atoms in total. The summed E-state index contributed by atoms with van der Waals surface area (Å²) in [6.45, 7) is 2.96. The van der Waals surface area contributed by atoms with Crippen LogP contribution in [0.1, 0.15) is 16.8 Å². The van der Waals surface area contributed by atoms with Crippen molar-refractivity contribution in [2.45, 2.75) is 20.0 Å². The highest BCUT2D eigenvalue weighted by Crippen LogP contribution is 2.27. The highest BCUT2D eigenvalue weighted by Gasteiger charge is 2.06. The van der Waals surface area contributed by atoms with E-state index >= 15 is 0 Å². The standard InChI is InChI=1S/C21H25N5O2.HI/c1-15-10-11-26(25-15)18-7-5-4-6-17(18)14-24-21(22)23-13-16-8-9-19(27-2)20(12-16)28-3;/h4-12H,13-14H2,1-3H3,(H3,22,23,24);1H. The van der Waals surface area contributed by atoms with Gasteiger partial charge in [-0.25, -0.2) is 9.67 Å². The van der Waals surface area contributed by atoms with Gasteiger partial charge in [0.2, 0.25) is 0 Å². The molecule has 0 aliphatic rings. The summed E-state index contributed by atoms with van der Waals surface area (Å²) in [5.74, 6) is 1.73. The van der Waals surface area contributed by atoms with Crippen molar-refractivity contribution in [3.8, 4) is 17.2 Å². The number of hydrogen-bond acceptors (Lipinski definition) is 4. The molecular formula is C21H26IN5O2. The lowest BCUT2D eigenvalue weighted by Gasteiger charge is -2.11. The lowest BCUT2D eigenvalue weighted by Crippen LogP contribution is -2.31. The van der Waals surface area contributed by atoms with Gasteiger partial charge in [-0.3, -0.25) is 0 Å². The number of nitrogens with two attached hydrogens (primary N) is 1. The first-order chi connectivity index (χ1) is 13.6. The fraction of sp³-hybridized carbons (Fsp3) is 0.238. The second-order valence-corrected chi connectivity index (χ2v) is 6.27. The lowest BCUT2D eigenvalue weighted by atomic mass is 10.2. The number of aryl methyl sites for hydroxylation is 1. The van der Waals surface area contributed by atoms with E-state index in [2.05, 4.69) is 15.4 Å². The number of rotatable bonds is 7. The van der Waals surface area contributed by atoms with Crippen molar-refractivity contribution in [2.24, 2.45) is 10.7 Å². The maximum atomic E-state index is 6.05. The van der Waals surface area contributed by atoms with Crippen LogP contribution in [0.4, 0.5) is 0 Å². The Kier molecular flexibility index (Phi) is 8.32. The highest BCUT2D eigenvalue weighted by molar-refractivity contribution is 14.0. The quantitative estimate of drug-likeness (QED) is 0.291. The number of hydrogen-bond donors (Lipinski definition) is 2. The fourth-order valence-electron chi connectivity index (χ4n) is 2.83. The summed E-state index contributed by atoms with van der Waals surface area (Å²) in [6.07, 6.45) is 1.95. The van der Waals surface area contributed by atoms with Gasteiger partial charge in [0, 0.05) is 12.7 Å². The van der Waals surface area contributed by atoms with Crippen molar-refractivity contribution in [1.29, 1.82) is 0 Å². The van der Waals surface area contributed by atoms with Gasteiger partial charge in [0.1, 0.15) is 0 Å². The molecule has 0 bridgehead atoms. The number of methoxy groups -OCH3 is 2. The Morgan fingerprint density at radius 3 is 2.55 bits per heavy atom. The van der Waals surface area contributed by atoms with E-state index in [1.165, 1.54) is 0 Å². The van der Waals surface area contributed by atoms with Gasteiger partial charge >= 0.3 is 0 Å². The van der Waals surface area contributed by atoms with Crippen molar-refractivity contribution in [3.63, 3.8) is 0 Å². The molecule has 0 aliphatic heterocycles. The number of benzene rings is 2. The predicted octanol–water partition coefficient (Wildman–Crippen LogP) is 3.42. The van der Waals surface area contributed by atoms with Crippen LogP contribution in [0, 0.1) is 6.92 Å². The van der Waals surface area contributed by atoms with E-state index in [9.17, 15) is 0 Å². The first kappa shape index (κ1) is 22.5. The van der Waals surface area contributed by atoms with Gasteiger partial charge in [-0.05, 0) is 42.3 Å². The van der Waals surface area contributed by atoms with Gasteiger partial charge in [-0.2, -0.15) is 5.10 Å². The third-order valence-corrected chi connectivity index (χ3v) is 4.30. The maximum absolute atomic E-state index is 6.05. The van der Waals surface area contributed by atoms with Crippen molar-refractivity contribution in [3.05, 3.63) is 71.5 Å². The number of para-hydroxylation sites is 1. The summed E-state index contributed by atoms with van der Waals surface area (Å²) in [4.78, 5) is 4.41. The van der Waals surface area contributed by atoms with E-state index < -0.39 is 0 Å². The average molecular weight is 507 g/mol. The zero-order valence-corrected chi connectivity index (χ0v) is 19.1. The molecule has 2 aromatic carbocycles. The summed E-state index contributed by atoms with van der Waals surface area (Å²) in [6, 6.07) is 15.7. The lowest BCUT2D eigenvalue weighted by molar-refractivity contribution is 0.354. The molecule has 8 heteroatoms. The van der Waals surface area contributed by atoms with E-state index in [1.807, 2.05) is 66.3 Å². The third-order valence-electron chi connectivity index (χ3n) is 4.30. The molecule has 0 saturated carbocycles. The molecular weight excluding hydrogens is 481 g/mol. The number of aromatic nitrogens is 2. The molecule has 3 rings (SSSR count). The van der Waals surface area contributed by atoms with Crippen LogP contribution in [0.2, 0.25) is 0 Å². The molecule has 0 atom stereocenters. The second-order valence-electron chi connectivity index (χ2n) is 6.27. The molecule has 0 saturated heterocycles. The van der Waals surface area contributed by atoms with Crippen LogP contribution in [0.15, 0.2) is 59.7 Å². The van der Waals surface area contributed by atoms with Gasteiger partial charge < -0.3 is 20.5 Å². The minimum atomic E-state index is 0. The van der Waals surface area contributed by atoms with Crippen LogP contribution < -0.4 is 20.5 Å². The van der Waals surface area contributed by atoms with E-state index in [-0.39, 0.29) is 24.0 Å². The van der Waals surface area contributed by atoms with Crippen LogP contribution in [-0.2, 0) is 13.1 Å². The van der Waals surface area contributed by atoms with Gasteiger partial charge in [0.25, 0.3) is 0 Å². The number of nitrogens with zero attached hydrogens (tertiary/aromatic N) is 3. The number of ether oxygens (including phenoxy) is 2. The van der Waals surface area contributed by atoms with Crippen LogP contribution in [0.3, 0.4) is 0 Å². The van der Waals surface area contributed by atoms with Gasteiger partial charge in [0.05, 0.1) is 32.1 Å². The number of nitrogens with one attached hydrogen (secondary N) is 1. The number of aliphatic imine (C=N–C) groups is 1. The van der Waals surface area contributed by atoms with Crippen molar-refractivity contribution >= 4 is 29.9 Å². The normalized spacial score (nSPS) is 10.9. The molecule has 0 radical (unpaired) electrons. The smallest absolute Gasteiger partial charge is 0.189 e. The molecule has 3 N–H and O–H groups in total. The summed E-state index contributed by atoms with van der Waals surface area (Å²) in [5, 5.41) is 7.65. The fourth-order valence-corrected chi connectivity index (χ4v) is 2.83. The Hall–Kier alpha value is -2.75. The zero-order valence-electron chi connectivity index (χ0n) is 16.8. The SMILES string of the molecule is COc1ccc(CN=C(N)NCc2ccccc2-n2ccc(C)n2)cc1OC.I. The first-order valence-corrected chi connectivity index (χ1v) is 8.96. The maximum Gasteiger partial charge on any atom is 0.189 e. The number of guanidine groups is 1. The highest BCUT2D eigenvalue weighted by atomic mass is 127. The molecule has 154 valence electrons. The van der Waals surface area contributed by atoms with E-state index in [0.29, 0.717) is 30.5 Å². The molecule has 3 aromatic rings. The Labute approximate surface area is 187 Å². The van der Waals surface area contributed by atoms with Crippen LogP contribution in [0.25, 0.3) is 5.69 Å². The van der Waals surface area contributed by atoms with E-state index in [4.69, 9.17) is 15.2 Å². The van der Waals surface area contributed by atoms with Crippen molar-refractivity contribution in [1.82, 2.24) is 15.1 Å². The van der Waals surface area contributed by atoms with Crippen LogP contribution in [-0.4, -0.2) is 30.0 Å². The Morgan fingerprint density at radius 2 is 1.86 bits per heavy atom. The number of halogens is 1. The molecule has 0 fully saturated rings. The Bertz CT molecular complexity index is 971. The minimum Gasteiger partial charge on any atom is -0.493 e. The minimum absolute atomic E-state index is 0. The Morgan fingerprint density at radius 1 is 1.10 bits per heavy atom. The van der Waals surface area contributed by atoms with Gasteiger partial charge in [-0.1, -0.05) is 24.3 Å². The van der Waals surface area contributed by atoms with E-state index in [1.54, 1.807) is 14.2 Å². The molecule has 0 unspecified atom stereocenters. The second kappa shape index (κ2) is 10.7. The van der Waals surface area contributed by atoms with E-state index in [0.717, 1.165) is 22.5 Å². The molecule has 0 aliphatic carbocycles. The third kappa shape index (κ3) is 5.86. The Balaban J connectivity index is 0.00000300. The van der Waals surface area contributed by atoms with Crippen LogP contribution >= 0.6 is 24.0 Å².